The van der Waals surface area contributed by atoms with E-state index in [2.05, 4.69) is 180 Å². The molecule has 56 heavy (non-hydrogen) atoms. The van der Waals surface area contributed by atoms with E-state index in [0.29, 0.717) is 5.95 Å². The normalized spacial score (nSPS) is 11.9. The predicted octanol–water partition coefficient (Wildman–Crippen LogP) is 13.9. The number of hydrogen-bond acceptors (Lipinski definition) is 3. The molecule has 0 radical (unpaired) electrons. The molecule has 0 fully saturated rings. The third-order valence-electron chi connectivity index (χ3n) is 11.4. The van der Waals surface area contributed by atoms with Gasteiger partial charge in [0.1, 0.15) is 11.2 Å². The Balaban J connectivity index is 1.20. The zero-order valence-corrected chi connectivity index (χ0v) is 30.1. The molecule has 260 valence electrons. The summed E-state index contributed by atoms with van der Waals surface area (Å²) in [5, 5.41) is 10.1. The third kappa shape index (κ3) is 4.60. The number of para-hydroxylation sites is 1. The van der Waals surface area contributed by atoms with Gasteiger partial charge >= 0.3 is 0 Å². The molecule has 0 aliphatic carbocycles. The van der Waals surface area contributed by atoms with Crippen molar-refractivity contribution in [1.29, 1.82) is 0 Å². The van der Waals surface area contributed by atoms with E-state index in [4.69, 9.17) is 14.4 Å². The van der Waals surface area contributed by atoms with Crippen molar-refractivity contribution < 1.29 is 4.42 Å². The topological polar surface area (TPSA) is 43.9 Å². The van der Waals surface area contributed by atoms with Gasteiger partial charge < -0.3 is 4.42 Å². The maximum Gasteiger partial charge on any atom is 0.235 e. The van der Waals surface area contributed by atoms with Gasteiger partial charge in [-0.2, -0.15) is 0 Å². The fraction of sp³-hybridized carbons (Fsp3) is 0. The van der Waals surface area contributed by atoms with Crippen molar-refractivity contribution >= 4 is 76.2 Å². The van der Waals surface area contributed by atoms with Crippen molar-refractivity contribution in [2.75, 3.05) is 0 Å². The second-order valence-corrected chi connectivity index (χ2v) is 14.5. The summed E-state index contributed by atoms with van der Waals surface area (Å²) in [6.45, 7) is 0. The predicted molar refractivity (Wildman–Crippen MR) is 232 cm³/mol. The van der Waals surface area contributed by atoms with Crippen LogP contribution < -0.4 is 0 Å². The Kier molecular flexibility index (Phi) is 6.60. The van der Waals surface area contributed by atoms with E-state index in [1.54, 1.807) is 0 Å². The molecule has 3 aromatic heterocycles. The minimum Gasteiger partial charge on any atom is -0.455 e. The van der Waals surface area contributed by atoms with Crippen molar-refractivity contribution in [2.24, 2.45) is 0 Å². The maximum absolute atomic E-state index is 7.05. The van der Waals surface area contributed by atoms with Crippen molar-refractivity contribution in [3.8, 4) is 39.5 Å². The van der Waals surface area contributed by atoms with Crippen LogP contribution in [-0.2, 0) is 0 Å². The summed E-state index contributed by atoms with van der Waals surface area (Å²) >= 11 is 0. The molecule has 0 saturated carbocycles. The van der Waals surface area contributed by atoms with Crippen molar-refractivity contribution in [3.05, 3.63) is 188 Å². The van der Waals surface area contributed by atoms with Crippen molar-refractivity contribution in [2.45, 2.75) is 0 Å². The first-order valence-electron chi connectivity index (χ1n) is 19.0. The summed E-state index contributed by atoms with van der Waals surface area (Å²) in [6.07, 6.45) is 0. The van der Waals surface area contributed by atoms with Gasteiger partial charge in [-0.15, -0.1) is 0 Å². The lowest BCUT2D eigenvalue weighted by Gasteiger charge is -2.13. The van der Waals surface area contributed by atoms with Crippen molar-refractivity contribution in [1.82, 2.24) is 14.5 Å². The van der Waals surface area contributed by atoms with E-state index in [0.717, 1.165) is 93.5 Å². The number of furan rings is 1. The molecule has 0 unspecified atom stereocenters. The molecule has 0 aliphatic rings. The molecule has 4 nitrogen and oxygen atoms in total. The molecule has 12 aromatic rings. The fourth-order valence-electron chi connectivity index (χ4n) is 8.79. The molecule has 0 atom stereocenters. The van der Waals surface area contributed by atoms with E-state index >= 15 is 0 Å². The summed E-state index contributed by atoms with van der Waals surface area (Å²) in [5.74, 6) is 0.617. The molecule has 9 aromatic carbocycles. The first-order chi connectivity index (χ1) is 27.8. The van der Waals surface area contributed by atoms with Gasteiger partial charge in [0, 0.05) is 27.1 Å². The van der Waals surface area contributed by atoms with Crippen LogP contribution in [0.25, 0.3) is 116 Å². The molecule has 0 spiro atoms. The summed E-state index contributed by atoms with van der Waals surface area (Å²) < 4.78 is 9.29. The first kappa shape index (κ1) is 30.9. The smallest absolute Gasteiger partial charge is 0.235 e. The second-order valence-electron chi connectivity index (χ2n) is 14.5. The van der Waals surface area contributed by atoms with Crippen LogP contribution >= 0.6 is 0 Å². The van der Waals surface area contributed by atoms with E-state index in [-0.39, 0.29) is 0 Å². The van der Waals surface area contributed by atoms with Gasteiger partial charge in [-0.25, -0.2) is 9.97 Å². The molecule has 12 rings (SSSR count). The summed E-state index contributed by atoms with van der Waals surface area (Å²) in [5.41, 5.74) is 11.2. The largest absolute Gasteiger partial charge is 0.455 e. The van der Waals surface area contributed by atoms with E-state index in [1.807, 2.05) is 12.1 Å². The molecular formula is C52H31N3O. The minimum absolute atomic E-state index is 0.617. The zero-order valence-electron chi connectivity index (χ0n) is 30.1. The Morgan fingerprint density at radius 3 is 1.89 bits per heavy atom. The molecule has 0 N–H and O–H groups in total. The van der Waals surface area contributed by atoms with Gasteiger partial charge in [-0.1, -0.05) is 146 Å². The number of hydrogen-bond donors (Lipinski definition) is 0. The van der Waals surface area contributed by atoms with Crippen LogP contribution in [0.3, 0.4) is 0 Å². The van der Waals surface area contributed by atoms with Crippen LogP contribution in [0.1, 0.15) is 0 Å². The zero-order chi connectivity index (χ0) is 36.7. The van der Waals surface area contributed by atoms with Crippen LogP contribution in [0.4, 0.5) is 0 Å². The van der Waals surface area contributed by atoms with Crippen LogP contribution in [0.2, 0.25) is 0 Å². The quantitative estimate of drug-likeness (QED) is 0.182. The van der Waals surface area contributed by atoms with Crippen LogP contribution in [0, 0.1) is 0 Å². The molecule has 0 bridgehead atoms. The maximum atomic E-state index is 7.05. The SMILES string of the molecule is c1ccc(-c2nc(-n3c4cc(-c5ccccc5)c5ccccc5c4c4c5oc6cc(-c7ccc8ccccc8c7)ccc6c5ccc43)nc3ccccc23)cc1. The summed E-state index contributed by atoms with van der Waals surface area (Å²) in [6, 6.07) is 66.6. The van der Waals surface area contributed by atoms with Gasteiger partial charge in [-0.05, 0) is 86.3 Å². The lowest BCUT2D eigenvalue weighted by atomic mass is 9.94. The number of benzene rings is 9. The standard InChI is InChI=1S/C52H31N3O/c1-3-14-33(15-4-1)43-31-46-48(40-20-10-9-19-38(40)43)49-45(55(46)52-53-44-22-12-11-21-42(44)50(54-52)34-16-5-2-6-17-34)28-27-41-39-26-25-37(30-47(39)56-51(41)49)36-24-23-32-13-7-8-18-35(32)29-36/h1-31H. The molecule has 0 amide bonds. The highest BCUT2D eigenvalue weighted by molar-refractivity contribution is 6.31. The van der Waals surface area contributed by atoms with Crippen molar-refractivity contribution in [3.63, 3.8) is 0 Å². The average molecular weight is 714 g/mol. The number of aromatic nitrogens is 3. The third-order valence-corrected chi connectivity index (χ3v) is 11.4. The van der Waals surface area contributed by atoms with Crippen LogP contribution in [-0.4, -0.2) is 14.5 Å². The van der Waals surface area contributed by atoms with Gasteiger partial charge in [-0.3, -0.25) is 4.57 Å². The van der Waals surface area contributed by atoms with E-state index < -0.39 is 0 Å². The Morgan fingerprint density at radius 1 is 0.393 bits per heavy atom. The Bertz CT molecular complexity index is 3530. The number of nitrogens with zero attached hydrogens (tertiary/aromatic N) is 3. The summed E-state index contributed by atoms with van der Waals surface area (Å²) in [4.78, 5) is 10.7. The highest BCUT2D eigenvalue weighted by Gasteiger charge is 2.24. The highest BCUT2D eigenvalue weighted by atomic mass is 16.3. The molecule has 3 heterocycles. The van der Waals surface area contributed by atoms with Gasteiger partial charge in [0.05, 0.1) is 27.6 Å². The van der Waals surface area contributed by atoms with Gasteiger partial charge in [0.2, 0.25) is 5.95 Å². The van der Waals surface area contributed by atoms with E-state index in [1.165, 1.54) is 16.2 Å². The Labute approximate surface area is 321 Å². The minimum atomic E-state index is 0.617. The second kappa shape index (κ2) is 12.0. The Morgan fingerprint density at radius 2 is 1.05 bits per heavy atom. The first-order valence-corrected chi connectivity index (χ1v) is 19.0. The number of fused-ring (bicyclic) bond motifs is 11. The Hall–Kier alpha value is -7.56. The monoisotopic (exact) mass is 713 g/mol. The average Bonchev–Trinajstić information content (AvgIpc) is 3.81. The molecule has 0 saturated heterocycles. The van der Waals surface area contributed by atoms with Gasteiger partial charge in [0.25, 0.3) is 0 Å². The van der Waals surface area contributed by atoms with E-state index in [9.17, 15) is 0 Å². The highest BCUT2D eigenvalue weighted by Crippen LogP contribution is 2.46. The number of rotatable bonds is 4. The van der Waals surface area contributed by atoms with Crippen LogP contribution in [0.5, 0.6) is 0 Å². The molecular weight excluding hydrogens is 683 g/mol. The van der Waals surface area contributed by atoms with Gasteiger partial charge in [0.15, 0.2) is 0 Å². The van der Waals surface area contributed by atoms with Crippen LogP contribution in [0.15, 0.2) is 192 Å². The fourth-order valence-corrected chi connectivity index (χ4v) is 8.79. The lowest BCUT2D eigenvalue weighted by Crippen LogP contribution is -2.03. The molecule has 0 aliphatic heterocycles. The summed E-state index contributed by atoms with van der Waals surface area (Å²) in [7, 11) is 0. The lowest BCUT2D eigenvalue weighted by molar-refractivity contribution is 0.673. The molecule has 4 heteroatoms.